The fraction of sp³-hybridized carbons (Fsp3) is 0.292. The van der Waals surface area contributed by atoms with Crippen LogP contribution in [0.2, 0.25) is 0 Å². The van der Waals surface area contributed by atoms with Crippen molar-refractivity contribution in [3.63, 3.8) is 0 Å². The topological polar surface area (TPSA) is 87.7 Å². The van der Waals surface area contributed by atoms with Crippen LogP contribution in [0.4, 0.5) is 5.00 Å². The lowest BCUT2D eigenvalue weighted by atomic mass is 10.1. The lowest BCUT2D eigenvalue weighted by molar-refractivity contribution is 0.0955. The lowest BCUT2D eigenvalue weighted by Crippen LogP contribution is -2.35. The van der Waals surface area contributed by atoms with Gasteiger partial charge in [0.2, 0.25) is 10.0 Å². The summed E-state index contributed by atoms with van der Waals surface area (Å²) in [6, 6.07) is 19.2. The molecule has 4 rings (SSSR count). The normalized spacial score (nSPS) is 14.3. The third kappa shape index (κ3) is 5.80. The third-order valence-corrected chi connectivity index (χ3v) is 8.04. The van der Waals surface area contributed by atoms with Gasteiger partial charge in [0.05, 0.1) is 28.8 Å². The molecular formula is C24H27N3O4S2. The Labute approximate surface area is 198 Å². The second-order valence-electron chi connectivity index (χ2n) is 7.71. The molecule has 3 aromatic rings. The summed E-state index contributed by atoms with van der Waals surface area (Å²) in [4.78, 5) is 16.0. The van der Waals surface area contributed by atoms with E-state index in [1.54, 1.807) is 12.1 Å². The number of benzene rings is 2. The summed E-state index contributed by atoms with van der Waals surface area (Å²) in [5.41, 5.74) is 3.54. The Morgan fingerprint density at radius 2 is 1.70 bits per heavy atom. The highest BCUT2D eigenvalue weighted by Crippen LogP contribution is 2.39. The minimum absolute atomic E-state index is 0.131. The zero-order chi connectivity index (χ0) is 23.3. The number of amides is 1. The maximum atomic E-state index is 13.1. The number of carbonyl (C=O) groups is 1. The molecule has 1 aliphatic heterocycles. The zero-order valence-electron chi connectivity index (χ0n) is 18.4. The standard InChI is InChI=1S/C24H27N3O4S2/c1-25-33(29,30)17-20-10-6-5-9-19(20)16-26-23(28)22-15-21(18-7-3-2-4-8-18)24(32-22)27-11-13-31-14-12-27/h2-10,15,25H,11-14,16-17H2,1H3,(H,26,28). The van der Waals surface area contributed by atoms with Crippen LogP contribution in [0.1, 0.15) is 20.8 Å². The van der Waals surface area contributed by atoms with Crippen molar-refractivity contribution in [2.75, 3.05) is 38.3 Å². The zero-order valence-corrected chi connectivity index (χ0v) is 20.0. The number of carbonyl (C=O) groups excluding carboxylic acids is 1. The van der Waals surface area contributed by atoms with Gasteiger partial charge in [0, 0.05) is 25.2 Å². The molecule has 1 aromatic heterocycles. The average molecular weight is 486 g/mol. The van der Waals surface area contributed by atoms with Crippen molar-refractivity contribution in [1.29, 1.82) is 0 Å². The highest BCUT2D eigenvalue weighted by Gasteiger charge is 2.22. The first kappa shape index (κ1) is 23.4. The molecule has 1 aliphatic rings. The van der Waals surface area contributed by atoms with Crippen LogP contribution in [0.3, 0.4) is 0 Å². The van der Waals surface area contributed by atoms with E-state index in [1.807, 2.05) is 48.5 Å². The molecule has 9 heteroatoms. The molecule has 174 valence electrons. The maximum absolute atomic E-state index is 13.1. The second-order valence-corrected chi connectivity index (χ2v) is 10.7. The molecule has 0 unspecified atom stereocenters. The van der Waals surface area contributed by atoms with Crippen molar-refractivity contribution < 1.29 is 17.9 Å². The van der Waals surface area contributed by atoms with Gasteiger partial charge in [-0.2, -0.15) is 0 Å². The largest absolute Gasteiger partial charge is 0.378 e. The van der Waals surface area contributed by atoms with Gasteiger partial charge in [-0.15, -0.1) is 11.3 Å². The maximum Gasteiger partial charge on any atom is 0.261 e. The minimum atomic E-state index is -3.41. The summed E-state index contributed by atoms with van der Waals surface area (Å²) in [5.74, 6) is -0.309. The number of nitrogens with one attached hydrogen (secondary N) is 2. The summed E-state index contributed by atoms with van der Waals surface area (Å²) < 4.78 is 31.8. The first-order valence-electron chi connectivity index (χ1n) is 10.7. The van der Waals surface area contributed by atoms with Crippen molar-refractivity contribution in [2.45, 2.75) is 12.3 Å². The average Bonchev–Trinajstić information content (AvgIpc) is 3.30. The van der Waals surface area contributed by atoms with Crippen LogP contribution in [-0.2, 0) is 27.1 Å². The Balaban J connectivity index is 1.55. The van der Waals surface area contributed by atoms with Gasteiger partial charge in [0.1, 0.15) is 0 Å². The molecule has 0 aliphatic carbocycles. The van der Waals surface area contributed by atoms with Crippen LogP contribution in [0, 0.1) is 0 Å². The van der Waals surface area contributed by atoms with Gasteiger partial charge < -0.3 is 15.0 Å². The molecule has 7 nitrogen and oxygen atoms in total. The Hall–Kier alpha value is -2.72. The van der Waals surface area contributed by atoms with Crippen LogP contribution in [0.25, 0.3) is 11.1 Å². The Morgan fingerprint density at radius 1 is 1.03 bits per heavy atom. The third-order valence-electron chi connectivity index (χ3n) is 5.53. The molecule has 33 heavy (non-hydrogen) atoms. The first-order valence-corrected chi connectivity index (χ1v) is 13.2. The highest BCUT2D eigenvalue weighted by atomic mass is 32.2. The molecule has 2 N–H and O–H groups in total. The molecular weight excluding hydrogens is 458 g/mol. The molecule has 0 bridgehead atoms. The number of anilines is 1. The number of rotatable bonds is 8. The number of hydrogen-bond donors (Lipinski definition) is 2. The van der Waals surface area contributed by atoms with E-state index in [0.29, 0.717) is 23.7 Å². The summed E-state index contributed by atoms with van der Waals surface area (Å²) in [6.07, 6.45) is 0. The SMILES string of the molecule is CNS(=O)(=O)Cc1ccccc1CNC(=O)c1cc(-c2ccccc2)c(N2CCOCC2)s1. The van der Waals surface area contributed by atoms with Gasteiger partial charge in [-0.3, -0.25) is 4.79 Å². The predicted octanol–water partition coefficient (Wildman–Crippen LogP) is 3.23. The number of ether oxygens (including phenoxy) is 1. The van der Waals surface area contributed by atoms with Crippen molar-refractivity contribution in [3.8, 4) is 11.1 Å². The number of hydrogen-bond acceptors (Lipinski definition) is 6. The van der Waals surface area contributed by atoms with E-state index in [9.17, 15) is 13.2 Å². The van der Waals surface area contributed by atoms with Gasteiger partial charge in [-0.1, -0.05) is 54.6 Å². The Bertz CT molecular complexity index is 1200. The molecule has 1 fully saturated rings. The van der Waals surface area contributed by atoms with E-state index < -0.39 is 10.0 Å². The number of sulfonamides is 1. The van der Waals surface area contributed by atoms with Crippen molar-refractivity contribution in [1.82, 2.24) is 10.0 Å². The Morgan fingerprint density at radius 3 is 2.39 bits per heavy atom. The highest BCUT2D eigenvalue weighted by molar-refractivity contribution is 7.88. The smallest absolute Gasteiger partial charge is 0.261 e. The Kier molecular flexibility index (Phi) is 7.44. The summed E-state index contributed by atoms with van der Waals surface area (Å²) in [5, 5.41) is 4.03. The molecule has 0 spiro atoms. The van der Waals surface area contributed by atoms with Gasteiger partial charge in [-0.25, -0.2) is 13.1 Å². The van der Waals surface area contributed by atoms with E-state index in [1.165, 1.54) is 18.4 Å². The van der Waals surface area contributed by atoms with E-state index >= 15 is 0 Å². The molecule has 1 saturated heterocycles. The predicted molar refractivity (Wildman–Crippen MR) is 132 cm³/mol. The van der Waals surface area contributed by atoms with E-state index in [2.05, 4.69) is 14.9 Å². The van der Waals surface area contributed by atoms with Crippen LogP contribution in [0.5, 0.6) is 0 Å². The summed E-state index contributed by atoms with van der Waals surface area (Å²) >= 11 is 1.47. The van der Waals surface area contributed by atoms with E-state index in [4.69, 9.17) is 4.74 Å². The molecule has 0 saturated carbocycles. The van der Waals surface area contributed by atoms with Gasteiger partial charge in [0.25, 0.3) is 5.91 Å². The monoisotopic (exact) mass is 485 g/mol. The van der Waals surface area contributed by atoms with E-state index in [0.717, 1.165) is 34.8 Å². The second kappa shape index (κ2) is 10.5. The van der Waals surface area contributed by atoms with Crippen LogP contribution >= 0.6 is 11.3 Å². The lowest BCUT2D eigenvalue weighted by Gasteiger charge is -2.28. The molecule has 0 radical (unpaired) electrons. The van der Waals surface area contributed by atoms with Crippen molar-refractivity contribution in [2.24, 2.45) is 0 Å². The molecule has 1 amide bonds. The van der Waals surface area contributed by atoms with Crippen molar-refractivity contribution in [3.05, 3.63) is 76.7 Å². The van der Waals surface area contributed by atoms with Crippen molar-refractivity contribution >= 4 is 32.3 Å². The number of thiophene rings is 1. The van der Waals surface area contributed by atoms with E-state index in [-0.39, 0.29) is 18.2 Å². The van der Waals surface area contributed by atoms with Crippen LogP contribution in [0.15, 0.2) is 60.7 Å². The minimum Gasteiger partial charge on any atom is -0.378 e. The summed E-state index contributed by atoms with van der Waals surface area (Å²) in [6.45, 7) is 3.16. The van der Waals surface area contributed by atoms with Gasteiger partial charge in [-0.05, 0) is 29.8 Å². The number of nitrogens with zero attached hydrogens (tertiary/aromatic N) is 1. The first-order chi connectivity index (χ1) is 16.0. The quantitative estimate of drug-likeness (QED) is 0.512. The van der Waals surface area contributed by atoms with Crippen LogP contribution < -0.4 is 14.9 Å². The molecule has 0 atom stereocenters. The fourth-order valence-corrected chi connectivity index (χ4v) is 5.71. The summed E-state index contributed by atoms with van der Waals surface area (Å²) in [7, 11) is -2.01. The number of morpholine rings is 1. The van der Waals surface area contributed by atoms with Gasteiger partial charge in [0.15, 0.2) is 0 Å². The van der Waals surface area contributed by atoms with Crippen LogP contribution in [-0.4, -0.2) is 47.7 Å². The fourth-order valence-electron chi connectivity index (χ4n) is 3.73. The van der Waals surface area contributed by atoms with Gasteiger partial charge >= 0.3 is 0 Å². The molecule has 2 aromatic carbocycles. The molecule has 2 heterocycles.